The smallest absolute Gasteiger partial charge is 1.00 e. The van der Waals surface area contributed by atoms with E-state index in [9.17, 15) is 14.7 Å². The third kappa shape index (κ3) is 3.38. The van der Waals surface area contributed by atoms with Crippen LogP contribution < -0.4 is 51.4 Å². The van der Waals surface area contributed by atoms with E-state index in [1.165, 1.54) is 5.57 Å². The number of allylic oxidation sites excluding steroid dienone is 1. The van der Waals surface area contributed by atoms with Crippen molar-refractivity contribution in [3.63, 3.8) is 0 Å². The Labute approximate surface area is 206 Å². The van der Waals surface area contributed by atoms with Gasteiger partial charge in [-0.25, -0.2) is 0 Å². The van der Waals surface area contributed by atoms with Gasteiger partial charge in [0.2, 0.25) is 0 Å². The number of ketones is 1. The van der Waals surface area contributed by atoms with Gasteiger partial charge in [0.15, 0.2) is 5.78 Å². The minimum Gasteiger partial charge on any atom is -1.00 e. The van der Waals surface area contributed by atoms with Crippen LogP contribution in [-0.4, -0.2) is 27.6 Å². The number of carbonyl (C=O) groups excluding carboxylic acids is 1. The second-order valence-corrected chi connectivity index (χ2v) is 9.89. The van der Waals surface area contributed by atoms with Crippen molar-refractivity contribution < 1.29 is 72.6 Å². The first kappa shape index (κ1) is 22.2. The summed E-state index contributed by atoms with van der Waals surface area (Å²) in [6.07, 6.45) is 9.98. The van der Waals surface area contributed by atoms with Crippen molar-refractivity contribution >= 4 is 11.8 Å². The van der Waals surface area contributed by atoms with E-state index in [1.807, 2.05) is 6.08 Å². The second kappa shape index (κ2) is 7.62. The van der Waals surface area contributed by atoms with E-state index in [4.69, 9.17) is 5.11 Å². The van der Waals surface area contributed by atoms with Crippen molar-refractivity contribution in [2.24, 2.45) is 28.6 Å². The molecule has 146 valence electrons. The van der Waals surface area contributed by atoms with Gasteiger partial charge >= 0.3 is 57.4 Å². The third-order valence-corrected chi connectivity index (χ3v) is 9.04. The molecule has 0 saturated heterocycles. The molecule has 0 aromatic carbocycles. The monoisotopic (exact) mass is 400 g/mol. The fourth-order valence-electron chi connectivity index (χ4n) is 7.39. The molecule has 0 aromatic heterocycles. The summed E-state index contributed by atoms with van der Waals surface area (Å²) < 4.78 is 0. The van der Waals surface area contributed by atoms with Crippen LogP contribution in [0.2, 0.25) is 0 Å². The molecule has 0 radical (unpaired) electrons. The summed E-state index contributed by atoms with van der Waals surface area (Å²) in [6.45, 7) is 4.59. The number of carbonyl (C=O) groups is 2. The number of rotatable bonds is 3. The number of hydrogen-bond acceptors (Lipinski definition) is 3. The average molecular weight is 401 g/mol. The van der Waals surface area contributed by atoms with Gasteiger partial charge in [0.1, 0.15) is 0 Å². The predicted molar refractivity (Wildman–Crippen MR) is 99.6 cm³/mol. The zero-order chi connectivity index (χ0) is 18.7. The normalized spacial score (nSPS) is 45.8. The molecule has 4 aliphatic rings. The molecule has 0 aliphatic heterocycles. The Bertz CT molecular complexity index is 679. The molecule has 0 bridgehead atoms. The van der Waals surface area contributed by atoms with Gasteiger partial charge < -0.3 is 11.6 Å². The minimum atomic E-state index is -0.833. The van der Waals surface area contributed by atoms with Crippen LogP contribution in [0.5, 0.6) is 0 Å². The molecular weight excluding hydrogens is 367 g/mol. The van der Waals surface area contributed by atoms with Crippen LogP contribution >= 0.6 is 0 Å². The molecule has 27 heavy (non-hydrogen) atoms. The van der Waals surface area contributed by atoms with Gasteiger partial charge in [-0.15, -0.1) is 0 Å². The molecule has 0 aromatic rings. The molecule has 3 saturated carbocycles. The molecule has 5 heteroatoms. The molecule has 0 heterocycles. The van der Waals surface area contributed by atoms with E-state index in [0.29, 0.717) is 36.4 Å². The Morgan fingerprint density at radius 1 is 1.15 bits per heavy atom. The summed E-state index contributed by atoms with van der Waals surface area (Å²) in [5.41, 5.74) is 0.532. The summed E-state index contributed by atoms with van der Waals surface area (Å²) in [5, 5.41) is 20.5. The van der Waals surface area contributed by atoms with E-state index in [2.05, 4.69) is 13.8 Å². The second-order valence-electron chi connectivity index (χ2n) is 9.89. The number of carboxylic acid groups (broad SMARTS) is 1. The molecule has 6 atom stereocenters. The zero-order valence-electron chi connectivity index (χ0n) is 18.1. The van der Waals surface area contributed by atoms with Crippen LogP contribution in [0, 0.1) is 28.6 Å². The molecule has 0 spiro atoms. The van der Waals surface area contributed by atoms with E-state index >= 15 is 0 Å². The van der Waals surface area contributed by atoms with Crippen LogP contribution in [-0.2, 0) is 9.59 Å². The first-order valence-electron chi connectivity index (χ1n) is 10.4. The van der Waals surface area contributed by atoms with Crippen molar-refractivity contribution in [3.8, 4) is 0 Å². The van der Waals surface area contributed by atoms with Gasteiger partial charge in [-0.2, -0.15) is 0 Å². The Morgan fingerprint density at radius 2 is 1.85 bits per heavy atom. The van der Waals surface area contributed by atoms with E-state index in [-0.39, 0.29) is 70.1 Å². The van der Waals surface area contributed by atoms with E-state index in [1.54, 1.807) is 0 Å². The largest absolute Gasteiger partial charge is 1.00 e. The third-order valence-electron chi connectivity index (χ3n) is 9.04. The van der Waals surface area contributed by atoms with E-state index < -0.39 is 11.6 Å². The molecule has 2 N–H and O–H groups in total. The quantitative estimate of drug-likeness (QED) is 0.699. The average Bonchev–Trinajstić information content (AvgIpc) is 2.86. The summed E-state index contributed by atoms with van der Waals surface area (Å²) in [4.78, 5) is 23.0. The summed E-state index contributed by atoms with van der Waals surface area (Å²) >= 11 is 0. The molecule has 0 unspecified atom stereocenters. The SMILES string of the molecule is C[C@]12CCC(=O)C=C1CC[C@@H]1[C@@H]2CC[C@@]2(C)[C@H]1CC[C@@]2(O)CCC(=O)O.[H-].[K+]. The number of hydrogen-bond donors (Lipinski definition) is 2. The van der Waals surface area contributed by atoms with Crippen molar-refractivity contribution in [1.29, 1.82) is 0 Å². The number of carboxylic acids is 1. The molecule has 4 aliphatic carbocycles. The van der Waals surface area contributed by atoms with Crippen molar-refractivity contribution in [1.82, 2.24) is 0 Å². The standard InChI is InChI=1S/C22H32O4.K.H/c1-20-9-5-15(23)13-14(20)3-4-16-17(20)6-10-21(2)18(16)7-11-22(21,26)12-8-19(24)25;;/h13,16-18,26H,3-12H2,1-2H3,(H,24,25);;/q;+1;-1/t16-,17+,18+,20+,21+,22-;;/m1../s1. The van der Waals surface area contributed by atoms with Gasteiger partial charge in [-0.3, -0.25) is 9.59 Å². The zero-order valence-corrected chi connectivity index (χ0v) is 20.2. The number of fused-ring (bicyclic) bond motifs is 5. The van der Waals surface area contributed by atoms with Gasteiger partial charge in [0.25, 0.3) is 0 Å². The van der Waals surface area contributed by atoms with Crippen LogP contribution in [0.3, 0.4) is 0 Å². The Morgan fingerprint density at radius 3 is 2.56 bits per heavy atom. The maximum Gasteiger partial charge on any atom is 1.00 e. The molecule has 4 nitrogen and oxygen atoms in total. The maximum atomic E-state index is 11.9. The first-order valence-corrected chi connectivity index (χ1v) is 10.4. The molecule has 4 rings (SSSR count). The predicted octanol–water partition coefficient (Wildman–Crippen LogP) is 1.23. The maximum absolute atomic E-state index is 11.9. The van der Waals surface area contributed by atoms with Gasteiger partial charge in [-0.05, 0) is 86.0 Å². The molecule has 3 fully saturated rings. The Hall–Kier alpha value is 0.476. The van der Waals surface area contributed by atoms with Gasteiger partial charge in [-0.1, -0.05) is 19.4 Å². The Kier molecular flexibility index (Phi) is 6.26. The van der Waals surface area contributed by atoms with Crippen LogP contribution in [0.25, 0.3) is 0 Å². The number of aliphatic carboxylic acids is 1. The van der Waals surface area contributed by atoms with Crippen LogP contribution in [0.1, 0.15) is 79.5 Å². The van der Waals surface area contributed by atoms with Crippen LogP contribution in [0.15, 0.2) is 11.6 Å². The van der Waals surface area contributed by atoms with Gasteiger partial charge in [0, 0.05) is 12.8 Å². The Balaban J connectivity index is 0.00000140. The van der Waals surface area contributed by atoms with Crippen molar-refractivity contribution in [2.75, 3.05) is 0 Å². The van der Waals surface area contributed by atoms with Crippen molar-refractivity contribution in [2.45, 2.75) is 83.7 Å². The topological polar surface area (TPSA) is 74.6 Å². The number of aliphatic hydroxyl groups is 1. The van der Waals surface area contributed by atoms with Crippen molar-refractivity contribution in [3.05, 3.63) is 11.6 Å². The first-order chi connectivity index (χ1) is 12.2. The molecule has 0 amide bonds. The summed E-state index contributed by atoms with van der Waals surface area (Å²) in [6, 6.07) is 0. The van der Waals surface area contributed by atoms with Gasteiger partial charge in [0.05, 0.1) is 5.60 Å². The minimum absolute atomic E-state index is 0. The molecular formula is C22H33KO4. The summed E-state index contributed by atoms with van der Waals surface area (Å²) in [5.74, 6) is 1.17. The fourth-order valence-corrected chi connectivity index (χ4v) is 7.39. The van der Waals surface area contributed by atoms with Crippen LogP contribution in [0.4, 0.5) is 0 Å². The fraction of sp³-hybridized carbons (Fsp3) is 0.818. The summed E-state index contributed by atoms with van der Waals surface area (Å²) in [7, 11) is 0. The van der Waals surface area contributed by atoms with E-state index in [0.717, 1.165) is 44.9 Å².